The van der Waals surface area contributed by atoms with Gasteiger partial charge in [-0.3, -0.25) is 19.4 Å². The van der Waals surface area contributed by atoms with Crippen LogP contribution in [0.15, 0.2) is 29.5 Å². The summed E-state index contributed by atoms with van der Waals surface area (Å²) < 4.78 is 0. The number of hydrogen-bond donors (Lipinski definition) is 3. The molecule has 0 aromatic carbocycles. The minimum Gasteiger partial charge on any atom is -0.359 e. The lowest BCUT2D eigenvalue weighted by Gasteiger charge is -2.33. The van der Waals surface area contributed by atoms with Crippen LogP contribution in [0, 0.1) is 5.92 Å². The first-order valence-electron chi connectivity index (χ1n) is 9.47. The molecule has 0 spiro atoms. The van der Waals surface area contributed by atoms with Crippen molar-refractivity contribution in [2.24, 2.45) is 10.9 Å². The fraction of sp³-hybridized carbons (Fsp3) is 0.579. The highest BCUT2D eigenvalue weighted by Crippen LogP contribution is 2.14. The molecule has 0 bridgehead atoms. The highest BCUT2D eigenvalue weighted by Gasteiger charge is 2.31. The molecule has 154 valence electrons. The van der Waals surface area contributed by atoms with Crippen molar-refractivity contribution in [1.29, 1.82) is 0 Å². The Labute approximate surface area is 170 Å². The Hall–Kier alpha value is -2.29. The summed E-state index contributed by atoms with van der Waals surface area (Å²) in [6, 6.07) is -1.35. The number of carbonyl (C=O) groups is 3. The smallest absolute Gasteiger partial charge is 0.243 e. The van der Waals surface area contributed by atoms with Crippen LogP contribution in [0.5, 0.6) is 0 Å². The summed E-state index contributed by atoms with van der Waals surface area (Å²) in [7, 11) is 0. The summed E-state index contributed by atoms with van der Waals surface area (Å²) in [6.07, 6.45) is 8.27. The number of hydrogen-bond acceptors (Lipinski definition) is 6. The van der Waals surface area contributed by atoms with Gasteiger partial charge in [-0.05, 0) is 12.8 Å². The van der Waals surface area contributed by atoms with E-state index in [1.165, 1.54) is 17.8 Å². The van der Waals surface area contributed by atoms with E-state index in [1.807, 2.05) is 18.7 Å². The standard InChI is InChI=1S/C19H29N5O3S/c1-13(2)17(24-9-6-20-7-10-24)19(27)23-15-12-28-11-8-21-16(25)5-4-14(3)22-18(15)26/h4-7,9,13-15,17H,8,10-12H2,1-3H3,(H,21,25)(H,22,26)(H,23,27)/b5-4+/t14-,15-,17-/m0/s1. The van der Waals surface area contributed by atoms with Crippen LogP contribution in [-0.2, 0) is 14.4 Å². The van der Waals surface area contributed by atoms with Crippen LogP contribution >= 0.6 is 11.8 Å². The van der Waals surface area contributed by atoms with E-state index in [0.29, 0.717) is 24.6 Å². The number of nitrogens with zero attached hydrogens (tertiary/aromatic N) is 2. The number of amides is 3. The lowest BCUT2D eigenvalue weighted by atomic mass is 10.0. The van der Waals surface area contributed by atoms with E-state index in [-0.39, 0.29) is 29.7 Å². The highest BCUT2D eigenvalue weighted by atomic mass is 32.2. The second-order valence-corrected chi connectivity index (χ2v) is 8.25. The van der Waals surface area contributed by atoms with Crippen molar-refractivity contribution >= 4 is 35.7 Å². The Kier molecular flexibility index (Phi) is 8.56. The van der Waals surface area contributed by atoms with E-state index in [4.69, 9.17) is 0 Å². The molecule has 2 heterocycles. The fourth-order valence-electron chi connectivity index (χ4n) is 2.98. The molecule has 0 saturated heterocycles. The van der Waals surface area contributed by atoms with Crippen molar-refractivity contribution in [1.82, 2.24) is 20.9 Å². The zero-order valence-corrected chi connectivity index (χ0v) is 17.4. The molecule has 3 amide bonds. The lowest BCUT2D eigenvalue weighted by Crippen LogP contribution is -2.56. The van der Waals surface area contributed by atoms with Crippen molar-refractivity contribution in [3.8, 4) is 0 Å². The molecule has 8 nitrogen and oxygen atoms in total. The normalized spacial score (nSPS) is 25.9. The Morgan fingerprint density at radius 3 is 2.86 bits per heavy atom. The predicted octanol–water partition coefficient (Wildman–Crippen LogP) is 0.277. The molecule has 0 aromatic rings. The van der Waals surface area contributed by atoms with Crippen molar-refractivity contribution in [3.63, 3.8) is 0 Å². The van der Waals surface area contributed by atoms with Gasteiger partial charge in [-0.15, -0.1) is 0 Å². The van der Waals surface area contributed by atoms with Crippen molar-refractivity contribution in [2.75, 3.05) is 24.6 Å². The van der Waals surface area contributed by atoms with Crippen LogP contribution in [0.2, 0.25) is 0 Å². The minimum atomic E-state index is -0.646. The summed E-state index contributed by atoms with van der Waals surface area (Å²) >= 11 is 1.52. The molecule has 0 fully saturated rings. The van der Waals surface area contributed by atoms with Crippen molar-refractivity contribution in [3.05, 3.63) is 24.6 Å². The summed E-state index contributed by atoms with van der Waals surface area (Å²) in [4.78, 5) is 43.3. The average Bonchev–Trinajstić information content (AvgIpc) is 2.65. The summed E-state index contributed by atoms with van der Waals surface area (Å²) in [5.74, 6) is 0.552. The van der Waals surface area contributed by atoms with Gasteiger partial charge >= 0.3 is 0 Å². The Morgan fingerprint density at radius 1 is 1.39 bits per heavy atom. The molecule has 9 heteroatoms. The molecule has 28 heavy (non-hydrogen) atoms. The molecule has 0 saturated carbocycles. The first kappa shape index (κ1) is 22.0. The number of aliphatic imine (C=N–C) groups is 1. The molecule has 3 N–H and O–H groups in total. The van der Waals surface area contributed by atoms with Gasteiger partial charge in [-0.25, -0.2) is 0 Å². The van der Waals surface area contributed by atoms with Crippen LogP contribution in [0.3, 0.4) is 0 Å². The first-order valence-corrected chi connectivity index (χ1v) is 10.6. The molecule has 0 radical (unpaired) electrons. The van der Waals surface area contributed by atoms with Gasteiger partial charge in [0.2, 0.25) is 17.7 Å². The van der Waals surface area contributed by atoms with Crippen LogP contribution in [0.4, 0.5) is 0 Å². The first-order chi connectivity index (χ1) is 13.4. The molecule has 2 rings (SSSR count). The minimum absolute atomic E-state index is 0.0650. The van der Waals surface area contributed by atoms with Gasteiger partial charge in [0.1, 0.15) is 12.1 Å². The molecule has 0 aromatic heterocycles. The number of thioether (sulfide) groups is 1. The maximum Gasteiger partial charge on any atom is 0.243 e. The topological polar surface area (TPSA) is 103 Å². The van der Waals surface area contributed by atoms with Gasteiger partial charge in [0.15, 0.2) is 0 Å². The van der Waals surface area contributed by atoms with Gasteiger partial charge in [0, 0.05) is 48.8 Å². The fourth-order valence-corrected chi connectivity index (χ4v) is 3.86. The Balaban J connectivity index is 2.08. The largest absolute Gasteiger partial charge is 0.359 e. The quantitative estimate of drug-likeness (QED) is 0.621. The maximum absolute atomic E-state index is 13.0. The van der Waals surface area contributed by atoms with E-state index in [2.05, 4.69) is 20.9 Å². The number of nitrogens with one attached hydrogen (secondary N) is 3. The molecule has 0 unspecified atom stereocenters. The van der Waals surface area contributed by atoms with Crippen LogP contribution in [0.1, 0.15) is 20.8 Å². The SMILES string of the molecule is CC(C)[C@@H](C(=O)N[C@H]1CSCCNC(=O)/C=C/[C@H](C)NC1=O)N1C=CN=CC1. The van der Waals surface area contributed by atoms with E-state index in [0.717, 1.165) is 0 Å². The van der Waals surface area contributed by atoms with E-state index in [9.17, 15) is 14.4 Å². The molecule has 2 aliphatic rings. The summed E-state index contributed by atoms with van der Waals surface area (Å²) in [5, 5.41) is 8.55. The second-order valence-electron chi connectivity index (χ2n) is 7.10. The van der Waals surface area contributed by atoms with Gasteiger partial charge in [-0.2, -0.15) is 11.8 Å². The third kappa shape index (κ3) is 6.70. The maximum atomic E-state index is 13.0. The third-order valence-electron chi connectivity index (χ3n) is 4.37. The van der Waals surface area contributed by atoms with Crippen LogP contribution in [0.25, 0.3) is 0 Å². The van der Waals surface area contributed by atoms with Crippen LogP contribution in [-0.4, -0.2) is 71.6 Å². The van der Waals surface area contributed by atoms with Gasteiger partial charge < -0.3 is 20.9 Å². The van der Waals surface area contributed by atoms with Gasteiger partial charge in [0.25, 0.3) is 0 Å². The van der Waals surface area contributed by atoms with Crippen molar-refractivity contribution in [2.45, 2.75) is 38.9 Å². The Morgan fingerprint density at radius 2 is 2.18 bits per heavy atom. The zero-order chi connectivity index (χ0) is 20.5. The van der Waals surface area contributed by atoms with Gasteiger partial charge in [0.05, 0.1) is 6.54 Å². The highest BCUT2D eigenvalue weighted by molar-refractivity contribution is 7.99. The lowest BCUT2D eigenvalue weighted by molar-refractivity contribution is -0.131. The monoisotopic (exact) mass is 407 g/mol. The average molecular weight is 408 g/mol. The van der Waals surface area contributed by atoms with E-state index in [1.54, 1.807) is 31.6 Å². The predicted molar refractivity (Wildman–Crippen MR) is 112 cm³/mol. The Bertz CT molecular complexity index is 662. The zero-order valence-electron chi connectivity index (χ0n) is 16.6. The molecular formula is C19H29N5O3S. The third-order valence-corrected chi connectivity index (χ3v) is 5.43. The van der Waals surface area contributed by atoms with E-state index < -0.39 is 12.1 Å². The van der Waals surface area contributed by atoms with Gasteiger partial charge in [-0.1, -0.05) is 19.9 Å². The van der Waals surface area contributed by atoms with Crippen LogP contribution < -0.4 is 16.0 Å². The summed E-state index contributed by atoms with van der Waals surface area (Å²) in [5.41, 5.74) is 0. The molecular weight excluding hydrogens is 378 g/mol. The summed E-state index contributed by atoms with van der Waals surface area (Å²) in [6.45, 7) is 6.82. The molecule has 2 aliphatic heterocycles. The second kappa shape index (κ2) is 10.9. The van der Waals surface area contributed by atoms with Crippen molar-refractivity contribution < 1.29 is 14.4 Å². The number of carbonyl (C=O) groups excluding carboxylic acids is 3. The molecule has 3 atom stereocenters. The molecule has 0 aliphatic carbocycles. The number of rotatable bonds is 4. The van der Waals surface area contributed by atoms with E-state index >= 15 is 0 Å².